The molecule has 0 saturated heterocycles. The van der Waals surface area contributed by atoms with Gasteiger partial charge in [0.05, 0.1) is 23.0 Å². The SMILES string of the molecule is CS(=O)CCN1C(=O)C(C)(C)c2cc3[nH]c4c(c3cc21)CCCc1cn[nH]c1-4. The molecular formula is C21H24N4O2S. The first-order valence-electron chi connectivity index (χ1n) is 9.71. The van der Waals surface area contributed by atoms with E-state index in [0.717, 1.165) is 47.4 Å². The van der Waals surface area contributed by atoms with Gasteiger partial charge in [0.25, 0.3) is 0 Å². The van der Waals surface area contributed by atoms with Crippen LogP contribution in [0, 0.1) is 0 Å². The molecule has 2 N–H and O–H groups in total. The van der Waals surface area contributed by atoms with Gasteiger partial charge in [-0.3, -0.25) is 14.1 Å². The van der Waals surface area contributed by atoms with Crippen molar-refractivity contribution >= 4 is 33.3 Å². The number of rotatable bonds is 3. The molecule has 146 valence electrons. The summed E-state index contributed by atoms with van der Waals surface area (Å²) in [6.45, 7) is 4.44. The zero-order valence-electron chi connectivity index (χ0n) is 16.4. The fraction of sp³-hybridized carbons (Fsp3) is 0.429. The van der Waals surface area contributed by atoms with Gasteiger partial charge in [0.15, 0.2) is 0 Å². The van der Waals surface area contributed by atoms with E-state index in [1.165, 1.54) is 16.5 Å². The van der Waals surface area contributed by atoms with Crippen LogP contribution in [-0.2, 0) is 33.9 Å². The Hall–Kier alpha value is -2.41. The molecule has 28 heavy (non-hydrogen) atoms. The van der Waals surface area contributed by atoms with Crippen molar-refractivity contribution in [2.75, 3.05) is 23.5 Å². The molecule has 1 aliphatic heterocycles. The number of carbonyl (C=O) groups is 1. The lowest BCUT2D eigenvalue weighted by molar-refractivity contribution is -0.122. The zero-order chi connectivity index (χ0) is 19.6. The standard InChI is InChI=1S/C21H24N4O2S/c1-21(2)15-10-16-14(9-17(15)25(20(21)26)7-8-28(3)27)13-6-4-5-12-11-22-24-18(12)19(13)23-16/h9-11,23H,4-8H2,1-3H3,(H,22,24). The topological polar surface area (TPSA) is 81.8 Å². The number of aromatic amines is 2. The molecule has 1 atom stereocenters. The number of H-pyrrole nitrogens is 2. The largest absolute Gasteiger partial charge is 0.353 e. The van der Waals surface area contributed by atoms with Gasteiger partial charge in [-0.1, -0.05) is 0 Å². The summed E-state index contributed by atoms with van der Waals surface area (Å²) >= 11 is 0. The molecule has 6 nitrogen and oxygen atoms in total. The van der Waals surface area contributed by atoms with E-state index in [9.17, 15) is 9.00 Å². The van der Waals surface area contributed by atoms with E-state index in [1.54, 1.807) is 6.26 Å². The van der Waals surface area contributed by atoms with Gasteiger partial charge in [-0.2, -0.15) is 5.10 Å². The van der Waals surface area contributed by atoms with Gasteiger partial charge in [0, 0.05) is 45.9 Å². The summed E-state index contributed by atoms with van der Waals surface area (Å²) < 4.78 is 11.6. The van der Waals surface area contributed by atoms with E-state index in [2.05, 4.69) is 27.3 Å². The summed E-state index contributed by atoms with van der Waals surface area (Å²) in [6.07, 6.45) is 6.69. The van der Waals surface area contributed by atoms with Crippen LogP contribution in [0.2, 0.25) is 0 Å². The fourth-order valence-electron chi connectivity index (χ4n) is 4.66. The van der Waals surface area contributed by atoms with E-state index >= 15 is 0 Å². The molecule has 1 aromatic carbocycles. The highest BCUT2D eigenvalue weighted by Gasteiger charge is 2.44. The Morgan fingerprint density at radius 1 is 1.25 bits per heavy atom. The second-order valence-electron chi connectivity index (χ2n) is 8.38. The van der Waals surface area contributed by atoms with Crippen LogP contribution in [0.1, 0.15) is 37.0 Å². The maximum Gasteiger partial charge on any atom is 0.237 e. The third kappa shape index (κ3) is 2.42. The van der Waals surface area contributed by atoms with E-state index in [-0.39, 0.29) is 5.91 Å². The predicted molar refractivity (Wildman–Crippen MR) is 112 cm³/mol. The molecule has 1 aliphatic carbocycles. The maximum absolute atomic E-state index is 13.1. The first-order valence-corrected chi connectivity index (χ1v) is 11.4. The Kier molecular flexibility index (Phi) is 3.81. The molecule has 3 heterocycles. The Balaban J connectivity index is 1.71. The first kappa shape index (κ1) is 17.7. The molecule has 1 amide bonds. The van der Waals surface area contributed by atoms with Gasteiger partial charge >= 0.3 is 0 Å². The van der Waals surface area contributed by atoms with Gasteiger partial charge in [-0.25, -0.2) is 0 Å². The molecule has 0 fully saturated rings. The number of nitrogens with one attached hydrogen (secondary N) is 2. The quantitative estimate of drug-likeness (QED) is 0.714. The van der Waals surface area contributed by atoms with Crippen molar-refractivity contribution in [3.63, 3.8) is 0 Å². The number of benzene rings is 1. The highest BCUT2D eigenvalue weighted by Crippen LogP contribution is 2.45. The molecule has 2 aliphatic rings. The van der Waals surface area contributed by atoms with Crippen LogP contribution < -0.4 is 4.90 Å². The van der Waals surface area contributed by atoms with E-state index in [4.69, 9.17) is 0 Å². The van der Waals surface area contributed by atoms with Crippen molar-refractivity contribution in [2.45, 2.75) is 38.5 Å². The second-order valence-corrected chi connectivity index (χ2v) is 9.93. The predicted octanol–water partition coefficient (Wildman–Crippen LogP) is 3.05. The summed E-state index contributed by atoms with van der Waals surface area (Å²) in [6, 6.07) is 4.29. The fourth-order valence-corrected chi connectivity index (χ4v) is 5.10. The van der Waals surface area contributed by atoms with Crippen molar-refractivity contribution in [3.8, 4) is 11.4 Å². The van der Waals surface area contributed by atoms with E-state index in [1.807, 2.05) is 24.9 Å². The van der Waals surface area contributed by atoms with E-state index < -0.39 is 16.2 Å². The number of carbonyl (C=O) groups excluding carboxylic acids is 1. The third-order valence-corrected chi connectivity index (χ3v) is 6.97. The van der Waals surface area contributed by atoms with Crippen molar-refractivity contribution in [1.29, 1.82) is 0 Å². The average Bonchev–Trinajstić information content (AvgIpc) is 3.26. The number of anilines is 1. The van der Waals surface area contributed by atoms with Gasteiger partial charge in [0.1, 0.15) is 0 Å². The number of hydrogen-bond acceptors (Lipinski definition) is 3. The summed E-state index contributed by atoms with van der Waals surface area (Å²) in [4.78, 5) is 18.5. The van der Waals surface area contributed by atoms with Crippen LogP contribution in [0.4, 0.5) is 5.69 Å². The van der Waals surface area contributed by atoms with E-state index in [0.29, 0.717) is 12.3 Å². The summed E-state index contributed by atoms with van der Waals surface area (Å²) in [7, 11) is -0.933. The number of aryl methyl sites for hydroxylation is 2. The maximum atomic E-state index is 13.1. The Morgan fingerprint density at radius 3 is 2.86 bits per heavy atom. The minimum absolute atomic E-state index is 0.0857. The van der Waals surface area contributed by atoms with Gasteiger partial charge in [-0.05, 0) is 61.9 Å². The number of fused-ring (bicyclic) bond motifs is 6. The second kappa shape index (κ2) is 6.04. The lowest BCUT2D eigenvalue weighted by Crippen LogP contribution is -2.38. The normalized spacial score (nSPS) is 18.7. The van der Waals surface area contributed by atoms with Gasteiger partial charge in [-0.15, -0.1) is 0 Å². The molecule has 5 rings (SSSR count). The number of amides is 1. The molecule has 0 radical (unpaired) electrons. The molecule has 0 spiro atoms. The minimum atomic E-state index is -0.933. The summed E-state index contributed by atoms with van der Waals surface area (Å²) in [5, 5.41) is 8.56. The molecule has 0 bridgehead atoms. The Labute approximate surface area is 166 Å². The number of nitrogens with zero attached hydrogens (tertiary/aromatic N) is 2. The van der Waals surface area contributed by atoms with Gasteiger partial charge < -0.3 is 9.88 Å². The molecular weight excluding hydrogens is 372 g/mol. The number of aromatic nitrogens is 3. The highest BCUT2D eigenvalue weighted by atomic mass is 32.2. The minimum Gasteiger partial charge on any atom is -0.353 e. The monoisotopic (exact) mass is 396 g/mol. The van der Waals surface area contributed by atoms with Crippen LogP contribution in [0.3, 0.4) is 0 Å². The van der Waals surface area contributed by atoms with Gasteiger partial charge in [0.2, 0.25) is 5.91 Å². The molecule has 3 aromatic rings. The highest BCUT2D eigenvalue weighted by molar-refractivity contribution is 7.84. The molecule has 0 saturated carbocycles. The third-order valence-electron chi connectivity index (χ3n) is 6.21. The smallest absolute Gasteiger partial charge is 0.237 e. The van der Waals surface area contributed by atoms with Crippen LogP contribution in [0.25, 0.3) is 22.3 Å². The van der Waals surface area contributed by atoms with Crippen molar-refractivity contribution in [3.05, 3.63) is 35.0 Å². The lowest BCUT2D eigenvalue weighted by atomic mass is 9.85. The average molecular weight is 397 g/mol. The molecule has 1 unspecified atom stereocenters. The van der Waals surface area contributed by atoms with Crippen molar-refractivity contribution < 1.29 is 9.00 Å². The molecule has 2 aromatic heterocycles. The van der Waals surface area contributed by atoms with Crippen molar-refractivity contribution in [1.82, 2.24) is 15.2 Å². The lowest BCUT2D eigenvalue weighted by Gasteiger charge is -2.19. The van der Waals surface area contributed by atoms with Crippen LogP contribution >= 0.6 is 0 Å². The van der Waals surface area contributed by atoms with Crippen LogP contribution in [0.5, 0.6) is 0 Å². The van der Waals surface area contributed by atoms with Crippen LogP contribution in [-0.4, -0.2) is 43.9 Å². The van der Waals surface area contributed by atoms with Crippen molar-refractivity contribution in [2.24, 2.45) is 0 Å². The Morgan fingerprint density at radius 2 is 2.07 bits per heavy atom. The Bertz CT molecular complexity index is 1140. The summed E-state index contributed by atoms with van der Waals surface area (Å²) in [5.74, 6) is 0.574. The zero-order valence-corrected chi connectivity index (χ0v) is 17.2. The number of hydrogen-bond donors (Lipinski definition) is 2. The van der Waals surface area contributed by atoms with Crippen LogP contribution in [0.15, 0.2) is 18.3 Å². The molecule has 7 heteroatoms. The first-order chi connectivity index (χ1) is 13.4. The summed E-state index contributed by atoms with van der Waals surface area (Å²) in [5.41, 5.74) is 7.22.